The number of carbonyl (C=O) groups is 2. The van der Waals surface area contributed by atoms with Crippen LogP contribution in [0, 0.1) is 5.92 Å². The number of aromatic nitrogens is 2. The molecular formula is C23H36N4O6. The standard InChI is InChI=1S/C23H36N4O6/c1-17(2)7-13-33-21-15-27(18(3)28)11-10-26(23(31)19-6-8-24-25-14-19)9-4-5-12-32-16-20(29)22(21)30/h4-6,8,14,17,20-22,29-30H,7,9-13,15-16H2,1-3H3/b5-4-/t20-,21-,22-/m0/s1. The van der Waals surface area contributed by atoms with Gasteiger partial charge in [0.2, 0.25) is 5.91 Å². The maximum Gasteiger partial charge on any atom is 0.255 e. The van der Waals surface area contributed by atoms with E-state index in [2.05, 4.69) is 24.0 Å². The van der Waals surface area contributed by atoms with Gasteiger partial charge in [-0.05, 0) is 18.4 Å². The molecule has 1 aromatic heterocycles. The van der Waals surface area contributed by atoms with E-state index in [1.807, 2.05) is 0 Å². The van der Waals surface area contributed by atoms with Crippen molar-refractivity contribution in [3.8, 4) is 0 Å². The predicted octanol–water partition coefficient (Wildman–Crippen LogP) is 0.507. The number of nitrogens with zero attached hydrogens (tertiary/aromatic N) is 4. The Morgan fingerprint density at radius 2 is 1.97 bits per heavy atom. The van der Waals surface area contributed by atoms with Gasteiger partial charge < -0.3 is 29.5 Å². The second kappa shape index (κ2) is 14.0. The lowest BCUT2D eigenvalue weighted by molar-refractivity contribution is -0.139. The highest BCUT2D eigenvalue weighted by Crippen LogP contribution is 2.12. The van der Waals surface area contributed by atoms with Crippen LogP contribution < -0.4 is 0 Å². The fourth-order valence-electron chi connectivity index (χ4n) is 3.30. The van der Waals surface area contributed by atoms with Crippen LogP contribution in [0.3, 0.4) is 0 Å². The summed E-state index contributed by atoms with van der Waals surface area (Å²) in [4.78, 5) is 28.5. The van der Waals surface area contributed by atoms with Crippen LogP contribution in [0.1, 0.15) is 37.6 Å². The molecule has 3 atom stereocenters. The molecule has 0 unspecified atom stereocenters. The van der Waals surface area contributed by atoms with Gasteiger partial charge in [-0.25, -0.2) is 0 Å². The molecule has 0 fully saturated rings. The molecule has 10 nitrogen and oxygen atoms in total. The van der Waals surface area contributed by atoms with Crippen molar-refractivity contribution in [1.82, 2.24) is 20.0 Å². The van der Waals surface area contributed by atoms with Crippen molar-refractivity contribution in [3.05, 3.63) is 36.2 Å². The molecular weight excluding hydrogens is 428 g/mol. The number of carbonyl (C=O) groups excluding carboxylic acids is 2. The minimum atomic E-state index is -1.23. The molecule has 0 radical (unpaired) electrons. The Balaban J connectivity index is 2.21. The van der Waals surface area contributed by atoms with E-state index in [-0.39, 0.29) is 44.7 Å². The second-order valence-corrected chi connectivity index (χ2v) is 8.51. The molecule has 33 heavy (non-hydrogen) atoms. The Bertz CT molecular complexity index is 761. The van der Waals surface area contributed by atoms with E-state index in [1.165, 1.54) is 24.2 Å². The summed E-state index contributed by atoms with van der Waals surface area (Å²) in [6, 6.07) is 1.59. The van der Waals surface area contributed by atoms with Crippen LogP contribution in [0.25, 0.3) is 0 Å². The molecule has 1 aromatic rings. The summed E-state index contributed by atoms with van der Waals surface area (Å²) >= 11 is 0. The van der Waals surface area contributed by atoms with Crippen LogP contribution in [0.4, 0.5) is 0 Å². The highest BCUT2D eigenvalue weighted by Gasteiger charge is 2.30. The second-order valence-electron chi connectivity index (χ2n) is 8.51. The van der Waals surface area contributed by atoms with Crippen LogP contribution in [-0.4, -0.2) is 106 Å². The number of amides is 2. The minimum absolute atomic E-state index is 0.0824. The highest BCUT2D eigenvalue weighted by molar-refractivity contribution is 5.93. The van der Waals surface area contributed by atoms with Gasteiger partial charge in [-0.3, -0.25) is 9.59 Å². The molecule has 2 N–H and O–H groups in total. The van der Waals surface area contributed by atoms with E-state index in [9.17, 15) is 19.8 Å². The van der Waals surface area contributed by atoms with Crippen molar-refractivity contribution in [1.29, 1.82) is 0 Å². The Labute approximate surface area is 195 Å². The number of hydrogen-bond acceptors (Lipinski definition) is 8. The first kappa shape index (κ1) is 26.8. The zero-order valence-electron chi connectivity index (χ0n) is 19.7. The predicted molar refractivity (Wildman–Crippen MR) is 121 cm³/mol. The summed E-state index contributed by atoms with van der Waals surface area (Å²) < 4.78 is 11.3. The SMILES string of the molecule is CC(=O)N1CCN(C(=O)c2ccnnc2)C/C=C\COC[C@H](O)[C@H](O)[C@@H](OCCC(C)C)C1. The van der Waals surface area contributed by atoms with Crippen LogP contribution in [0.15, 0.2) is 30.6 Å². The average molecular weight is 465 g/mol. The number of ether oxygens (including phenoxy) is 2. The van der Waals surface area contributed by atoms with E-state index in [4.69, 9.17) is 9.47 Å². The molecule has 1 aliphatic heterocycles. The van der Waals surface area contributed by atoms with Crippen molar-refractivity contribution in [2.24, 2.45) is 5.92 Å². The average Bonchev–Trinajstić information content (AvgIpc) is 2.79. The molecule has 0 saturated carbocycles. The molecule has 0 bridgehead atoms. The third-order valence-electron chi connectivity index (χ3n) is 5.40. The molecule has 184 valence electrons. The van der Waals surface area contributed by atoms with Crippen LogP contribution in [-0.2, 0) is 14.3 Å². The third kappa shape index (κ3) is 9.17. The first-order valence-corrected chi connectivity index (χ1v) is 11.3. The Morgan fingerprint density at radius 3 is 2.64 bits per heavy atom. The Kier molecular flexibility index (Phi) is 11.4. The van der Waals surface area contributed by atoms with E-state index in [0.717, 1.165) is 6.42 Å². The quantitative estimate of drug-likeness (QED) is 0.604. The summed E-state index contributed by atoms with van der Waals surface area (Å²) in [6.45, 7) is 7.00. The summed E-state index contributed by atoms with van der Waals surface area (Å²) in [7, 11) is 0. The van der Waals surface area contributed by atoms with Gasteiger partial charge in [-0.2, -0.15) is 10.2 Å². The minimum Gasteiger partial charge on any atom is -0.388 e. The molecule has 0 aromatic carbocycles. The molecule has 2 amide bonds. The lowest BCUT2D eigenvalue weighted by Crippen LogP contribution is -2.50. The first-order chi connectivity index (χ1) is 15.8. The lowest BCUT2D eigenvalue weighted by atomic mass is 10.1. The Hall–Kier alpha value is -2.40. The number of hydrogen-bond donors (Lipinski definition) is 2. The van der Waals surface area contributed by atoms with Gasteiger partial charge in [-0.15, -0.1) is 0 Å². The third-order valence-corrected chi connectivity index (χ3v) is 5.40. The van der Waals surface area contributed by atoms with Crippen LogP contribution in [0.5, 0.6) is 0 Å². The van der Waals surface area contributed by atoms with Gasteiger partial charge in [0, 0.05) is 39.7 Å². The normalized spacial score (nSPS) is 24.4. The molecule has 2 heterocycles. The largest absolute Gasteiger partial charge is 0.388 e. The van der Waals surface area contributed by atoms with Crippen molar-refractivity contribution >= 4 is 11.8 Å². The Morgan fingerprint density at radius 1 is 1.21 bits per heavy atom. The summed E-state index contributed by atoms with van der Waals surface area (Å²) in [6.07, 6.45) is 3.99. The van der Waals surface area contributed by atoms with E-state index >= 15 is 0 Å². The topological polar surface area (TPSA) is 125 Å². The smallest absolute Gasteiger partial charge is 0.255 e. The first-order valence-electron chi connectivity index (χ1n) is 11.3. The number of aliphatic hydroxyl groups is 2. The number of aliphatic hydroxyl groups excluding tert-OH is 2. The van der Waals surface area contributed by atoms with Gasteiger partial charge in [-0.1, -0.05) is 26.0 Å². The lowest BCUT2D eigenvalue weighted by Gasteiger charge is -2.33. The van der Waals surface area contributed by atoms with Gasteiger partial charge in [0.05, 0.1) is 31.2 Å². The zero-order valence-corrected chi connectivity index (χ0v) is 19.7. The van der Waals surface area contributed by atoms with Gasteiger partial charge >= 0.3 is 0 Å². The molecule has 2 rings (SSSR count). The van der Waals surface area contributed by atoms with E-state index in [0.29, 0.717) is 24.6 Å². The highest BCUT2D eigenvalue weighted by atomic mass is 16.5. The molecule has 0 saturated heterocycles. The summed E-state index contributed by atoms with van der Waals surface area (Å²) in [5.74, 6) is -0.0379. The molecule has 10 heteroatoms. The molecule has 0 spiro atoms. The van der Waals surface area contributed by atoms with E-state index < -0.39 is 18.3 Å². The van der Waals surface area contributed by atoms with E-state index in [1.54, 1.807) is 23.1 Å². The molecule has 0 aliphatic carbocycles. The monoisotopic (exact) mass is 464 g/mol. The number of rotatable bonds is 5. The molecule has 1 aliphatic rings. The fraction of sp³-hybridized carbons (Fsp3) is 0.652. The van der Waals surface area contributed by atoms with Crippen LogP contribution in [0.2, 0.25) is 0 Å². The van der Waals surface area contributed by atoms with Crippen molar-refractivity contribution in [2.45, 2.75) is 45.5 Å². The van der Waals surface area contributed by atoms with Crippen LogP contribution >= 0.6 is 0 Å². The summed E-state index contributed by atoms with van der Waals surface area (Å²) in [5.41, 5.74) is 0.401. The van der Waals surface area contributed by atoms with Crippen molar-refractivity contribution < 1.29 is 29.3 Å². The maximum absolute atomic E-state index is 13.0. The van der Waals surface area contributed by atoms with Gasteiger partial charge in [0.15, 0.2) is 0 Å². The maximum atomic E-state index is 13.0. The zero-order chi connectivity index (χ0) is 24.2. The van der Waals surface area contributed by atoms with Crippen molar-refractivity contribution in [3.63, 3.8) is 0 Å². The van der Waals surface area contributed by atoms with Gasteiger partial charge in [0.1, 0.15) is 18.3 Å². The van der Waals surface area contributed by atoms with Gasteiger partial charge in [0.25, 0.3) is 5.91 Å². The van der Waals surface area contributed by atoms with Crippen molar-refractivity contribution in [2.75, 3.05) is 46.0 Å². The fourth-order valence-corrected chi connectivity index (χ4v) is 3.30. The summed E-state index contributed by atoms with van der Waals surface area (Å²) in [5, 5.41) is 28.6.